The van der Waals surface area contributed by atoms with Crippen LogP contribution in [0.2, 0.25) is 0 Å². The van der Waals surface area contributed by atoms with E-state index in [1.54, 1.807) is 25.6 Å². The van der Waals surface area contributed by atoms with Gasteiger partial charge in [-0.25, -0.2) is 4.98 Å². The van der Waals surface area contributed by atoms with Crippen LogP contribution in [0, 0.1) is 0 Å². The van der Waals surface area contributed by atoms with E-state index in [-0.39, 0.29) is 6.61 Å². The monoisotopic (exact) mass is 336 g/mol. The molecule has 1 N–H and O–H groups in total. The highest BCUT2D eigenvalue weighted by Gasteiger charge is 2.11. The maximum atomic E-state index is 9.15. The van der Waals surface area contributed by atoms with Crippen molar-refractivity contribution in [2.24, 2.45) is 0 Å². The zero-order chi connectivity index (χ0) is 16.7. The van der Waals surface area contributed by atoms with Crippen molar-refractivity contribution in [2.75, 3.05) is 33.9 Å². The molecule has 0 amide bonds. The van der Waals surface area contributed by atoms with Crippen molar-refractivity contribution in [3.05, 3.63) is 29.3 Å². The highest BCUT2D eigenvalue weighted by atomic mass is 32.1. The number of hydrogen-bond acceptors (Lipinski definition) is 6. The molecule has 0 radical (unpaired) electrons. The second kappa shape index (κ2) is 8.86. The van der Waals surface area contributed by atoms with Gasteiger partial charge in [0, 0.05) is 24.0 Å². The normalized spacial score (nSPS) is 11.0. The molecule has 0 saturated heterocycles. The first-order valence-corrected chi connectivity index (χ1v) is 8.59. The third-order valence-electron chi connectivity index (χ3n) is 3.52. The van der Waals surface area contributed by atoms with E-state index in [0.717, 1.165) is 35.8 Å². The predicted molar refractivity (Wildman–Crippen MR) is 93.3 cm³/mol. The van der Waals surface area contributed by atoms with Crippen molar-refractivity contribution in [3.8, 4) is 22.1 Å². The number of methoxy groups -OCH3 is 2. The van der Waals surface area contributed by atoms with E-state index in [4.69, 9.17) is 19.6 Å². The standard InChI is InChI=1S/C17H24N2O3S/c1-4-7-19(8-9-20)11-14-12-23-17(18-14)13-5-6-15(21-2)16(10-13)22-3/h5-6,10,12,20H,4,7-9,11H2,1-3H3. The molecule has 0 aliphatic rings. The molecule has 5 nitrogen and oxygen atoms in total. The Balaban J connectivity index is 2.15. The first-order valence-electron chi connectivity index (χ1n) is 7.71. The first kappa shape index (κ1) is 17.7. The summed E-state index contributed by atoms with van der Waals surface area (Å²) in [5, 5.41) is 12.2. The lowest BCUT2D eigenvalue weighted by Crippen LogP contribution is -2.27. The molecular formula is C17H24N2O3S. The van der Waals surface area contributed by atoms with E-state index in [0.29, 0.717) is 18.0 Å². The SMILES string of the molecule is CCCN(CCO)Cc1csc(-c2ccc(OC)c(OC)c2)n1. The molecule has 0 aliphatic carbocycles. The number of aliphatic hydroxyl groups is 1. The number of rotatable bonds is 9. The average Bonchev–Trinajstić information content (AvgIpc) is 3.03. The third-order valence-corrected chi connectivity index (χ3v) is 4.46. The molecule has 2 rings (SSSR count). The lowest BCUT2D eigenvalue weighted by molar-refractivity contribution is 0.189. The summed E-state index contributed by atoms with van der Waals surface area (Å²) < 4.78 is 10.6. The minimum atomic E-state index is 0.173. The molecule has 0 unspecified atom stereocenters. The number of ether oxygens (including phenoxy) is 2. The summed E-state index contributed by atoms with van der Waals surface area (Å²) in [6.45, 7) is 4.71. The van der Waals surface area contributed by atoms with Gasteiger partial charge in [-0.15, -0.1) is 11.3 Å². The largest absolute Gasteiger partial charge is 0.493 e. The molecule has 1 aromatic heterocycles. The summed E-state index contributed by atoms with van der Waals surface area (Å²) in [7, 11) is 3.26. The van der Waals surface area contributed by atoms with E-state index < -0.39 is 0 Å². The summed E-state index contributed by atoms with van der Waals surface area (Å²) in [4.78, 5) is 6.93. The first-order chi connectivity index (χ1) is 11.2. The van der Waals surface area contributed by atoms with Gasteiger partial charge in [-0.2, -0.15) is 0 Å². The Morgan fingerprint density at radius 2 is 1.96 bits per heavy atom. The predicted octanol–water partition coefficient (Wildman–Crippen LogP) is 3.03. The maximum Gasteiger partial charge on any atom is 0.161 e. The van der Waals surface area contributed by atoms with Crippen molar-refractivity contribution in [1.82, 2.24) is 9.88 Å². The minimum absolute atomic E-state index is 0.173. The molecule has 2 aromatic rings. The van der Waals surface area contributed by atoms with Gasteiger partial charge in [-0.1, -0.05) is 6.92 Å². The van der Waals surface area contributed by atoms with Gasteiger partial charge in [0.1, 0.15) is 5.01 Å². The van der Waals surface area contributed by atoms with Crippen LogP contribution >= 0.6 is 11.3 Å². The third kappa shape index (κ3) is 4.67. The summed E-state index contributed by atoms with van der Waals surface area (Å²) in [6, 6.07) is 5.82. The van der Waals surface area contributed by atoms with Crippen molar-refractivity contribution in [3.63, 3.8) is 0 Å². The molecule has 0 aliphatic heterocycles. The fraction of sp³-hybridized carbons (Fsp3) is 0.471. The zero-order valence-corrected chi connectivity index (χ0v) is 14.7. The Morgan fingerprint density at radius 3 is 2.61 bits per heavy atom. The molecule has 1 aromatic carbocycles. The molecule has 126 valence electrons. The Hall–Kier alpha value is -1.63. The van der Waals surface area contributed by atoms with Crippen LogP contribution in [0.15, 0.2) is 23.6 Å². The van der Waals surface area contributed by atoms with Gasteiger partial charge in [0.15, 0.2) is 11.5 Å². The minimum Gasteiger partial charge on any atom is -0.493 e. The molecule has 0 fully saturated rings. The van der Waals surface area contributed by atoms with Gasteiger partial charge < -0.3 is 14.6 Å². The highest BCUT2D eigenvalue weighted by Crippen LogP contribution is 2.33. The number of benzene rings is 1. The highest BCUT2D eigenvalue weighted by molar-refractivity contribution is 7.13. The lowest BCUT2D eigenvalue weighted by Gasteiger charge is -2.18. The number of hydrogen-bond donors (Lipinski definition) is 1. The van der Waals surface area contributed by atoms with Gasteiger partial charge >= 0.3 is 0 Å². The summed E-state index contributed by atoms with van der Waals surface area (Å²) in [5.74, 6) is 1.42. The Kier molecular flexibility index (Phi) is 6.83. The summed E-state index contributed by atoms with van der Waals surface area (Å²) >= 11 is 1.62. The second-order valence-electron chi connectivity index (χ2n) is 5.21. The van der Waals surface area contributed by atoms with E-state index in [2.05, 4.69) is 17.2 Å². The van der Waals surface area contributed by atoms with Gasteiger partial charge in [0.25, 0.3) is 0 Å². The Morgan fingerprint density at radius 1 is 1.17 bits per heavy atom. The molecule has 23 heavy (non-hydrogen) atoms. The van der Waals surface area contributed by atoms with Crippen LogP contribution in [-0.2, 0) is 6.54 Å². The van der Waals surface area contributed by atoms with Crippen molar-refractivity contribution < 1.29 is 14.6 Å². The van der Waals surface area contributed by atoms with E-state index in [1.165, 1.54) is 0 Å². The average molecular weight is 336 g/mol. The smallest absolute Gasteiger partial charge is 0.161 e. The van der Waals surface area contributed by atoms with E-state index in [9.17, 15) is 0 Å². The fourth-order valence-electron chi connectivity index (χ4n) is 2.44. The lowest BCUT2D eigenvalue weighted by atomic mass is 10.2. The zero-order valence-electron chi connectivity index (χ0n) is 13.9. The van der Waals surface area contributed by atoms with Crippen LogP contribution in [0.25, 0.3) is 10.6 Å². The van der Waals surface area contributed by atoms with Gasteiger partial charge in [-0.3, -0.25) is 4.90 Å². The maximum absolute atomic E-state index is 9.15. The van der Waals surface area contributed by atoms with Crippen LogP contribution in [0.5, 0.6) is 11.5 Å². The second-order valence-corrected chi connectivity index (χ2v) is 6.07. The van der Waals surface area contributed by atoms with E-state index in [1.807, 2.05) is 18.2 Å². The number of nitrogens with zero attached hydrogens (tertiary/aromatic N) is 2. The number of aromatic nitrogens is 1. The van der Waals surface area contributed by atoms with Crippen molar-refractivity contribution in [1.29, 1.82) is 0 Å². The van der Waals surface area contributed by atoms with Crippen LogP contribution in [0.1, 0.15) is 19.0 Å². The number of thiazole rings is 1. The molecule has 0 spiro atoms. The topological polar surface area (TPSA) is 54.8 Å². The van der Waals surface area contributed by atoms with Crippen LogP contribution in [0.3, 0.4) is 0 Å². The quantitative estimate of drug-likeness (QED) is 0.763. The Bertz CT molecular complexity index is 610. The Labute approximate surface area is 141 Å². The van der Waals surface area contributed by atoms with Gasteiger partial charge in [-0.05, 0) is 31.2 Å². The van der Waals surface area contributed by atoms with Crippen LogP contribution in [0.4, 0.5) is 0 Å². The van der Waals surface area contributed by atoms with Crippen LogP contribution < -0.4 is 9.47 Å². The molecule has 6 heteroatoms. The summed E-state index contributed by atoms with van der Waals surface area (Å²) in [6.07, 6.45) is 1.06. The number of aliphatic hydroxyl groups excluding tert-OH is 1. The molecular weight excluding hydrogens is 312 g/mol. The van der Waals surface area contributed by atoms with Gasteiger partial charge in [0.2, 0.25) is 0 Å². The van der Waals surface area contributed by atoms with Crippen molar-refractivity contribution in [2.45, 2.75) is 19.9 Å². The molecule has 0 bridgehead atoms. The van der Waals surface area contributed by atoms with E-state index >= 15 is 0 Å². The van der Waals surface area contributed by atoms with Gasteiger partial charge in [0.05, 0.1) is 26.5 Å². The fourth-order valence-corrected chi connectivity index (χ4v) is 3.25. The molecule has 0 saturated carbocycles. The molecule has 1 heterocycles. The molecule has 0 atom stereocenters. The van der Waals surface area contributed by atoms with Crippen molar-refractivity contribution >= 4 is 11.3 Å². The summed E-state index contributed by atoms with van der Waals surface area (Å²) in [5.41, 5.74) is 2.05. The van der Waals surface area contributed by atoms with Crippen LogP contribution in [-0.4, -0.2) is 48.9 Å².